The number of amides is 1. The van der Waals surface area contributed by atoms with E-state index in [0.29, 0.717) is 6.42 Å². The molecule has 0 aliphatic heterocycles. The van der Waals surface area contributed by atoms with E-state index >= 15 is 0 Å². The van der Waals surface area contributed by atoms with Gasteiger partial charge in [0.2, 0.25) is 0 Å². The van der Waals surface area contributed by atoms with Crippen LogP contribution in [-0.4, -0.2) is 17.7 Å². The Bertz CT molecular complexity index is 443. The van der Waals surface area contributed by atoms with Crippen molar-refractivity contribution in [3.05, 3.63) is 35.9 Å². The molecule has 0 aliphatic rings. The van der Waals surface area contributed by atoms with Gasteiger partial charge in [0.1, 0.15) is 11.6 Å². The van der Waals surface area contributed by atoms with Crippen LogP contribution in [0.1, 0.15) is 32.8 Å². The zero-order valence-electron chi connectivity index (χ0n) is 11.6. The first kappa shape index (κ1) is 15.0. The number of nitrogens with zero attached hydrogens (tertiary/aromatic N) is 1. The largest absolute Gasteiger partial charge is 0.444 e. The Labute approximate surface area is 114 Å². The normalized spacial score (nSPS) is 12.3. The first-order chi connectivity index (χ1) is 8.90. The average Bonchev–Trinajstić information content (AvgIpc) is 2.33. The number of hydrogen-bond acceptors (Lipinski definition) is 3. The van der Waals surface area contributed by atoms with E-state index in [-0.39, 0.29) is 0 Å². The lowest BCUT2D eigenvalue weighted by atomic mass is 10.1. The standard InChI is InChI=1S/C15H20N2O2/c1-15(2,3)19-14(18)17-13(11-16)10-9-12-7-5-4-6-8-12/h4-8,13H,9-10H2,1-3H3,(H,17,18)/t13-/m0/s1. The van der Waals surface area contributed by atoms with Crippen molar-refractivity contribution < 1.29 is 9.53 Å². The van der Waals surface area contributed by atoms with Crippen LogP contribution in [0, 0.1) is 11.3 Å². The average molecular weight is 260 g/mol. The van der Waals surface area contributed by atoms with Crippen molar-refractivity contribution in [1.29, 1.82) is 5.26 Å². The van der Waals surface area contributed by atoms with E-state index in [2.05, 4.69) is 11.4 Å². The van der Waals surface area contributed by atoms with E-state index in [1.54, 1.807) is 20.8 Å². The first-order valence-electron chi connectivity index (χ1n) is 6.34. The molecule has 0 bridgehead atoms. The van der Waals surface area contributed by atoms with Gasteiger partial charge in [-0.25, -0.2) is 4.79 Å². The summed E-state index contributed by atoms with van der Waals surface area (Å²) in [5.74, 6) is 0. The van der Waals surface area contributed by atoms with Gasteiger partial charge in [0.25, 0.3) is 0 Å². The highest BCUT2D eigenvalue weighted by atomic mass is 16.6. The molecule has 0 saturated heterocycles. The molecule has 1 aromatic carbocycles. The Morgan fingerprint density at radius 3 is 2.53 bits per heavy atom. The third-order valence-corrected chi connectivity index (χ3v) is 2.41. The molecule has 19 heavy (non-hydrogen) atoms. The summed E-state index contributed by atoms with van der Waals surface area (Å²) in [6.07, 6.45) is 0.765. The molecule has 0 aromatic heterocycles. The van der Waals surface area contributed by atoms with Crippen LogP contribution in [0.25, 0.3) is 0 Å². The number of nitrogens with one attached hydrogen (secondary N) is 1. The minimum absolute atomic E-state index is 0.532. The number of alkyl carbamates (subject to hydrolysis) is 1. The Morgan fingerprint density at radius 2 is 2.00 bits per heavy atom. The smallest absolute Gasteiger partial charge is 0.408 e. The van der Waals surface area contributed by atoms with Crippen molar-refractivity contribution >= 4 is 6.09 Å². The van der Waals surface area contributed by atoms with E-state index in [4.69, 9.17) is 10.00 Å². The minimum Gasteiger partial charge on any atom is -0.444 e. The van der Waals surface area contributed by atoms with Gasteiger partial charge >= 0.3 is 6.09 Å². The maximum absolute atomic E-state index is 11.6. The highest BCUT2D eigenvalue weighted by molar-refractivity contribution is 5.68. The van der Waals surface area contributed by atoms with Crippen LogP contribution in [0.2, 0.25) is 0 Å². The highest BCUT2D eigenvalue weighted by Gasteiger charge is 2.19. The molecule has 1 N–H and O–H groups in total. The monoisotopic (exact) mass is 260 g/mol. The summed E-state index contributed by atoms with van der Waals surface area (Å²) in [4.78, 5) is 11.6. The van der Waals surface area contributed by atoms with Crippen LogP contribution >= 0.6 is 0 Å². The number of ether oxygens (including phenoxy) is 1. The van der Waals surface area contributed by atoms with E-state index in [9.17, 15) is 4.79 Å². The first-order valence-corrected chi connectivity index (χ1v) is 6.34. The summed E-state index contributed by atoms with van der Waals surface area (Å²) in [6, 6.07) is 11.4. The summed E-state index contributed by atoms with van der Waals surface area (Å²) in [6.45, 7) is 5.37. The van der Waals surface area contributed by atoms with Crippen LogP contribution < -0.4 is 5.32 Å². The van der Waals surface area contributed by atoms with Crippen LogP contribution in [0.15, 0.2) is 30.3 Å². The molecule has 4 heteroatoms. The number of benzene rings is 1. The van der Waals surface area contributed by atoms with Crippen LogP contribution in [0.3, 0.4) is 0 Å². The van der Waals surface area contributed by atoms with Crippen molar-refractivity contribution in [3.63, 3.8) is 0 Å². The van der Waals surface area contributed by atoms with Gasteiger partial charge < -0.3 is 10.1 Å². The molecule has 0 heterocycles. The van der Waals surface area contributed by atoms with Gasteiger partial charge in [0, 0.05) is 0 Å². The maximum atomic E-state index is 11.6. The summed E-state index contributed by atoms with van der Waals surface area (Å²) >= 11 is 0. The SMILES string of the molecule is CC(C)(C)OC(=O)N[C@H](C#N)CCc1ccccc1. The molecule has 0 saturated carbocycles. The second-order valence-electron chi connectivity index (χ2n) is 5.35. The Balaban J connectivity index is 2.43. The van der Waals surface area contributed by atoms with Gasteiger partial charge in [0.15, 0.2) is 0 Å². The Kier molecular flexibility index (Phi) is 5.37. The fourth-order valence-electron chi connectivity index (χ4n) is 1.57. The van der Waals surface area contributed by atoms with Gasteiger partial charge in [-0.05, 0) is 39.2 Å². The van der Waals surface area contributed by atoms with Crippen LogP contribution in [0.4, 0.5) is 4.79 Å². The van der Waals surface area contributed by atoms with Gasteiger partial charge in [-0.1, -0.05) is 30.3 Å². The zero-order valence-corrected chi connectivity index (χ0v) is 11.6. The van der Waals surface area contributed by atoms with Crippen LogP contribution in [0.5, 0.6) is 0 Å². The Morgan fingerprint density at radius 1 is 1.37 bits per heavy atom. The number of carbonyl (C=O) groups excluding carboxylic acids is 1. The van der Waals surface area contributed by atoms with E-state index < -0.39 is 17.7 Å². The lowest BCUT2D eigenvalue weighted by molar-refractivity contribution is 0.0514. The number of rotatable bonds is 4. The third kappa shape index (κ3) is 6.46. The lowest BCUT2D eigenvalue weighted by Gasteiger charge is -2.21. The minimum atomic E-state index is -0.552. The molecule has 0 unspecified atom stereocenters. The van der Waals surface area contributed by atoms with E-state index in [0.717, 1.165) is 12.0 Å². The molecule has 4 nitrogen and oxygen atoms in total. The van der Waals surface area contributed by atoms with Gasteiger partial charge in [-0.15, -0.1) is 0 Å². The topological polar surface area (TPSA) is 62.1 Å². The summed E-state index contributed by atoms with van der Waals surface area (Å²) < 4.78 is 5.12. The second kappa shape index (κ2) is 6.79. The van der Waals surface area contributed by atoms with Crippen molar-refractivity contribution in [2.45, 2.75) is 45.3 Å². The van der Waals surface area contributed by atoms with Crippen molar-refractivity contribution in [3.8, 4) is 6.07 Å². The van der Waals surface area contributed by atoms with E-state index in [1.807, 2.05) is 30.3 Å². The fraction of sp³-hybridized carbons (Fsp3) is 0.467. The summed E-state index contributed by atoms with van der Waals surface area (Å²) in [5.41, 5.74) is 0.595. The maximum Gasteiger partial charge on any atom is 0.408 e. The molecule has 1 rings (SSSR count). The number of aryl methyl sites for hydroxylation is 1. The number of hydrogen-bond donors (Lipinski definition) is 1. The predicted molar refractivity (Wildman–Crippen MR) is 73.5 cm³/mol. The summed E-state index contributed by atoms with van der Waals surface area (Å²) in [5, 5.41) is 11.6. The van der Waals surface area contributed by atoms with Gasteiger partial charge in [-0.2, -0.15) is 5.26 Å². The number of nitriles is 1. The van der Waals surface area contributed by atoms with Crippen molar-refractivity contribution in [1.82, 2.24) is 5.32 Å². The van der Waals surface area contributed by atoms with Crippen molar-refractivity contribution in [2.75, 3.05) is 0 Å². The quantitative estimate of drug-likeness (QED) is 0.905. The molecule has 0 radical (unpaired) electrons. The highest BCUT2D eigenvalue weighted by Crippen LogP contribution is 2.08. The molecule has 1 aromatic rings. The van der Waals surface area contributed by atoms with Crippen molar-refractivity contribution in [2.24, 2.45) is 0 Å². The predicted octanol–water partition coefficient (Wildman–Crippen LogP) is 3.04. The summed E-state index contributed by atoms with van der Waals surface area (Å²) in [7, 11) is 0. The fourth-order valence-corrected chi connectivity index (χ4v) is 1.57. The number of carbonyl (C=O) groups is 1. The van der Waals surface area contributed by atoms with E-state index in [1.165, 1.54) is 0 Å². The third-order valence-electron chi connectivity index (χ3n) is 2.41. The second-order valence-corrected chi connectivity index (χ2v) is 5.35. The zero-order chi connectivity index (χ0) is 14.3. The molecule has 0 spiro atoms. The lowest BCUT2D eigenvalue weighted by Crippen LogP contribution is -2.38. The van der Waals surface area contributed by atoms with Crippen LogP contribution in [-0.2, 0) is 11.2 Å². The van der Waals surface area contributed by atoms with Gasteiger partial charge in [0.05, 0.1) is 6.07 Å². The Hall–Kier alpha value is -2.02. The molecule has 102 valence electrons. The molecule has 0 fully saturated rings. The molecule has 0 aliphatic carbocycles. The molecule has 1 atom stereocenters. The molecular formula is C15H20N2O2. The van der Waals surface area contributed by atoms with Gasteiger partial charge in [-0.3, -0.25) is 0 Å². The molecule has 1 amide bonds. The molecular weight excluding hydrogens is 240 g/mol.